The van der Waals surface area contributed by atoms with Gasteiger partial charge < -0.3 is 9.80 Å². The molecule has 0 unspecified atom stereocenters. The first-order valence-corrected chi connectivity index (χ1v) is 11.3. The minimum atomic E-state index is -4.56. The molecule has 2 fully saturated rings. The number of carbonyl (C=O) groups excluding carboxylic acids is 1. The predicted octanol–water partition coefficient (Wildman–Crippen LogP) is 2.23. The molecule has 0 bridgehead atoms. The van der Waals surface area contributed by atoms with Crippen molar-refractivity contribution in [3.05, 3.63) is 53.8 Å². The van der Waals surface area contributed by atoms with Gasteiger partial charge in [-0.25, -0.2) is 9.97 Å². The van der Waals surface area contributed by atoms with E-state index in [-0.39, 0.29) is 11.7 Å². The maximum atomic E-state index is 13.0. The molecular weight excluding hydrogens is 429 g/mol. The van der Waals surface area contributed by atoms with Crippen molar-refractivity contribution in [2.45, 2.75) is 6.18 Å². The van der Waals surface area contributed by atoms with E-state index >= 15 is 0 Å². The van der Waals surface area contributed by atoms with E-state index in [1.54, 1.807) is 11.8 Å². The molecule has 0 radical (unpaired) electrons. The summed E-state index contributed by atoms with van der Waals surface area (Å²) in [5.74, 6) is 0.988. The molecule has 0 N–H and O–H groups in total. The van der Waals surface area contributed by atoms with Crippen LogP contribution in [0.3, 0.4) is 0 Å². The number of rotatable bonds is 3. The SMILES string of the molecule is O=C(C1=CC2=CC=C[N@@+]2(N2CCN(c3ccnc(C(F)(F)F)n3)CC2)C1)N1CCSC1. The zero-order valence-corrected chi connectivity index (χ0v) is 17.6. The molecule has 2 saturated heterocycles. The number of alkyl halides is 3. The highest BCUT2D eigenvalue weighted by molar-refractivity contribution is 7.99. The zero-order chi connectivity index (χ0) is 21.6. The lowest BCUT2D eigenvalue weighted by Crippen LogP contribution is -2.60. The van der Waals surface area contributed by atoms with Crippen LogP contribution >= 0.6 is 11.8 Å². The van der Waals surface area contributed by atoms with Crippen LogP contribution in [0.1, 0.15) is 5.82 Å². The minimum absolute atomic E-state index is 0.102. The maximum Gasteiger partial charge on any atom is 0.451 e. The van der Waals surface area contributed by atoms with Gasteiger partial charge in [-0.3, -0.25) is 4.79 Å². The van der Waals surface area contributed by atoms with Crippen molar-refractivity contribution in [2.75, 3.05) is 55.8 Å². The summed E-state index contributed by atoms with van der Waals surface area (Å²) in [5, 5.41) is 2.27. The Labute approximate surface area is 182 Å². The van der Waals surface area contributed by atoms with Gasteiger partial charge in [0, 0.05) is 43.7 Å². The lowest BCUT2D eigenvalue weighted by atomic mass is 10.2. The van der Waals surface area contributed by atoms with Gasteiger partial charge in [0.15, 0.2) is 5.70 Å². The fraction of sp³-hybridized carbons (Fsp3) is 0.450. The number of carbonyl (C=O) groups is 1. The van der Waals surface area contributed by atoms with Crippen LogP contribution in [0.4, 0.5) is 19.0 Å². The largest absolute Gasteiger partial charge is 0.451 e. The summed E-state index contributed by atoms with van der Waals surface area (Å²) in [4.78, 5) is 23.7. The van der Waals surface area contributed by atoms with Crippen LogP contribution in [0.15, 0.2) is 48.0 Å². The van der Waals surface area contributed by atoms with Crippen LogP contribution in [0.25, 0.3) is 0 Å². The highest BCUT2D eigenvalue weighted by Gasteiger charge is 2.48. The van der Waals surface area contributed by atoms with E-state index in [1.165, 1.54) is 6.07 Å². The predicted molar refractivity (Wildman–Crippen MR) is 110 cm³/mol. The summed E-state index contributed by atoms with van der Waals surface area (Å²) in [7, 11) is 0. The lowest BCUT2D eigenvalue weighted by Gasteiger charge is -2.44. The van der Waals surface area contributed by atoms with Gasteiger partial charge in [-0.05, 0) is 12.1 Å². The number of nitrogens with zero attached hydrogens (tertiary/aromatic N) is 6. The van der Waals surface area contributed by atoms with Crippen molar-refractivity contribution in [3.63, 3.8) is 0 Å². The third-order valence-corrected chi connectivity index (χ3v) is 7.04. The average Bonchev–Trinajstić information content (AvgIpc) is 3.49. The monoisotopic (exact) mass is 451 g/mol. The van der Waals surface area contributed by atoms with Gasteiger partial charge >= 0.3 is 6.18 Å². The molecule has 0 aliphatic carbocycles. The molecule has 4 aliphatic rings. The molecule has 11 heteroatoms. The normalized spacial score (nSPS) is 26.3. The molecule has 5 heterocycles. The van der Waals surface area contributed by atoms with Gasteiger partial charge in [-0.1, -0.05) is 0 Å². The number of fused-ring (bicyclic) bond motifs is 1. The summed E-state index contributed by atoms with van der Waals surface area (Å²) in [6, 6.07) is 1.51. The molecule has 5 rings (SSSR count). The lowest BCUT2D eigenvalue weighted by molar-refractivity contribution is -0.948. The number of hydrogen-bond donors (Lipinski definition) is 0. The number of halogens is 3. The molecule has 0 spiro atoms. The number of piperazine rings is 1. The van der Waals surface area contributed by atoms with Crippen LogP contribution in [0.2, 0.25) is 0 Å². The molecule has 4 aliphatic heterocycles. The maximum absolute atomic E-state index is 13.0. The average molecular weight is 451 g/mol. The van der Waals surface area contributed by atoms with Crippen molar-refractivity contribution in [3.8, 4) is 0 Å². The molecule has 1 aromatic rings. The van der Waals surface area contributed by atoms with Crippen LogP contribution in [0, 0.1) is 0 Å². The Hall–Kier alpha value is -2.37. The van der Waals surface area contributed by atoms with Crippen molar-refractivity contribution in [2.24, 2.45) is 0 Å². The van der Waals surface area contributed by atoms with Crippen molar-refractivity contribution in [1.82, 2.24) is 19.9 Å². The molecular formula is C20H22F3N6OS+. The molecule has 0 saturated carbocycles. The van der Waals surface area contributed by atoms with E-state index in [0.717, 1.165) is 35.6 Å². The fourth-order valence-corrected chi connectivity index (χ4v) is 5.44. The number of allylic oxidation sites excluding steroid dienone is 3. The van der Waals surface area contributed by atoms with E-state index < -0.39 is 12.0 Å². The van der Waals surface area contributed by atoms with Crippen molar-refractivity contribution in [1.29, 1.82) is 0 Å². The Balaban J connectivity index is 1.28. The van der Waals surface area contributed by atoms with Crippen LogP contribution in [-0.4, -0.2) is 81.3 Å². The van der Waals surface area contributed by atoms with E-state index in [4.69, 9.17) is 0 Å². The van der Waals surface area contributed by atoms with Gasteiger partial charge in [0.05, 0.1) is 24.5 Å². The molecule has 7 nitrogen and oxygen atoms in total. The molecule has 1 amide bonds. The number of amides is 1. The second-order valence-corrected chi connectivity index (χ2v) is 8.94. The molecule has 164 valence electrons. The number of thioether (sulfide) groups is 1. The first-order valence-electron chi connectivity index (χ1n) is 10.1. The molecule has 1 atom stereocenters. The Morgan fingerprint density at radius 1 is 1.16 bits per heavy atom. The van der Waals surface area contributed by atoms with Crippen molar-refractivity contribution >= 4 is 23.5 Å². The van der Waals surface area contributed by atoms with Crippen LogP contribution in [0.5, 0.6) is 0 Å². The topological polar surface area (TPSA) is 52.6 Å². The Kier molecular flexibility index (Phi) is 5.06. The third-order valence-electron chi connectivity index (χ3n) is 6.07. The van der Waals surface area contributed by atoms with Gasteiger partial charge in [0.2, 0.25) is 5.82 Å². The highest BCUT2D eigenvalue weighted by Crippen LogP contribution is 2.38. The van der Waals surface area contributed by atoms with Crippen LogP contribution < -0.4 is 4.90 Å². The molecule has 1 aromatic heterocycles. The van der Waals surface area contributed by atoms with E-state index in [1.807, 2.05) is 28.0 Å². The van der Waals surface area contributed by atoms with Gasteiger partial charge in [0.25, 0.3) is 5.91 Å². The Morgan fingerprint density at radius 3 is 2.68 bits per heavy atom. The standard InChI is InChI=1S/C20H22F3N6OS/c21-20(22,23)19-24-4-3-17(25-19)26-5-7-28(8-6-26)29-10-1-2-16(29)12-15(13-29)18(30)27-9-11-31-14-27/h1-4,10,12H,5-9,11,13-14H2/q+1/t29-/m1/s1. The first kappa shape index (κ1) is 20.5. The smallest absolute Gasteiger partial charge is 0.354 e. The highest BCUT2D eigenvalue weighted by atomic mass is 32.2. The van der Waals surface area contributed by atoms with Crippen LogP contribution in [-0.2, 0) is 11.0 Å². The number of aromatic nitrogens is 2. The van der Waals surface area contributed by atoms with Gasteiger partial charge in [-0.2, -0.15) is 17.8 Å². The number of anilines is 1. The first-order chi connectivity index (χ1) is 14.9. The zero-order valence-electron chi connectivity index (χ0n) is 16.8. The summed E-state index contributed by atoms with van der Waals surface area (Å²) in [5.41, 5.74) is 1.87. The van der Waals surface area contributed by atoms with E-state index in [0.29, 0.717) is 37.3 Å². The number of hydrogen-bond acceptors (Lipinski definition) is 6. The third kappa shape index (κ3) is 3.64. The summed E-state index contributed by atoms with van der Waals surface area (Å²) in [6.45, 7) is 3.73. The second kappa shape index (κ2) is 7.64. The van der Waals surface area contributed by atoms with E-state index in [9.17, 15) is 18.0 Å². The summed E-state index contributed by atoms with van der Waals surface area (Å²) < 4.78 is 39.3. The Morgan fingerprint density at radius 2 is 1.97 bits per heavy atom. The summed E-state index contributed by atoms with van der Waals surface area (Å²) >= 11 is 1.77. The second-order valence-electron chi connectivity index (χ2n) is 7.87. The molecule has 0 aromatic carbocycles. The van der Waals surface area contributed by atoms with Gasteiger partial charge in [-0.15, -0.1) is 16.8 Å². The number of quaternary nitrogens is 1. The summed E-state index contributed by atoms with van der Waals surface area (Å²) in [6.07, 6.45) is 4.72. The van der Waals surface area contributed by atoms with Crippen molar-refractivity contribution < 1.29 is 22.6 Å². The molecule has 31 heavy (non-hydrogen) atoms. The van der Waals surface area contributed by atoms with Gasteiger partial charge in [0.1, 0.15) is 18.6 Å². The Bertz CT molecular complexity index is 979. The quantitative estimate of drug-likeness (QED) is 0.657. The van der Waals surface area contributed by atoms with E-state index in [2.05, 4.69) is 21.2 Å². The fourth-order valence-electron chi connectivity index (χ4n) is 4.49. The minimum Gasteiger partial charge on any atom is -0.354 e.